The molecule has 26 heavy (non-hydrogen) atoms. The summed E-state index contributed by atoms with van der Waals surface area (Å²) >= 11 is 0. The Labute approximate surface area is 155 Å². The standard InChI is InChI=1S/C21H29NO4/c1-13-7-15-16(10-21(2,3)11-19(15)26-13)22-12-14-8-17(23-4)20(25-6)18(9-14)24-5/h7-9,16,22H,10-12H2,1-6H3. The predicted molar refractivity (Wildman–Crippen MR) is 101 cm³/mol. The molecule has 0 amide bonds. The zero-order chi connectivity index (χ0) is 18.9. The Bertz CT molecular complexity index is 753. The first-order chi connectivity index (χ1) is 12.4. The molecule has 1 aromatic heterocycles. The Kier molecular flexibility index (Phi) is 5.19. The van der Waals surface area contributed by atoms with Crippen LogP contribution in [-0.4, -0.2) is 21.3 Å². The lowest BCUT2D eigenvalue weighted by Crippen LogP contribution is -2.32. The monoisotopic (exact) mass is 359 g/mol. The number of hydrogen-bond acceptors (Lipinski definition) is 5. The lowest BCUT2D eigenvalue weighted by molar-refractivity contribution is 0.233. The molecule has 1 aromatic carbocycles. The van der Waals surface area contributed by atoms with Gasteiger partial charge in [0, 0.05) is 24.6 Å². The van der Waals surface area contributed by atoms with Crippen LogP contribution in [0.2, 0.25) is 0 Å². The number of nitrogens with one attached hydrogen (secondary N) is 1. The predicted octanol–water partition coefficient (Wildman–Crippen LogP) is 4.42. The number of rotatable bonds is 6. The minimum atomic E-state index is 0.213. The van der Waals surface area contributed by atoms with Gasteiger partial charge in [0.25, 0.3) is 0 Å². The number of fused-ring (bicyclic) bond motifs is 1. The Morgan fingerprint density at radius 3 is 2.31 bits per heavy atom. The van der Waals surface area contributed by atoms with Gasteiger partial charge in [-0.2, -0.15) is 0 Å². The third-order valence-electron chi connectivity index (χ3n) is 5.01. The normalized spacial score (nSPS) is 18.3. The minimum absolute atomic E-state index is 0.213. The summed E-state index contributed by atoms with van der Waals surface area (Å²) in [7, 11) is 4.89. The van der Waals surface area contributed by atoms with Crippen molar-refractivity contribution in [1.29, 1.82) is 0 Å². The maximum Gasteiger partial charge on any atom is 0.203 e. The van der Waals surface area contributed by atoms with E-state index in [9.17, 15) is 0 Å². The van der Waals surface area contributed by atoms with Crippen molar-refractivity contribution < 1.29 is 18.6 Å². The quantitative estimate of drug-likeness (QED) is 0.827. The number of methoxy groups -OCH3 is 3. The summed E-state index contributed by atoms with van der Waals surface area (Å²) in [6.07, 6.45) is 2.06. The van der Waals surface area contributed by atoms with Gasteiger partial charge in [-0.05, 0) is 42.5 Å². The highest BCUT2D eigenvalue weighted by atomic mass is 16.5. The van der Waals surface area contributed by atoms with Gasteiger partial charge in [-0.1, -0.05) is 13.8 Å². The lowest BCUT2D eigenvalue weighted by atomic mass is 9.74. The second-order valence-electron chi connectivity index (χ2n) is 7.75. The van der Waals surface area contributed by atoms with Gasteiger partial charge in [0.1, 0.15) is 11.5 Å². The summed E-state index contributed by atoms with van der Waals surface area (Å²) in [5, 5.41) is 3.69. The van der Waals surface area contributed by atoms with Crippen molar-refractivity contribution in [1.82, 2.24) is 5.32 Å². The summed E-state index contributed by atoms with van der Waals surface area (Å²) in [6, 6.07) is 6.41. The number of furan rings is 1. The highest BCUT2D eigenvalue weighted by Crippen LogP contribution is 2.42. The molecule has 0 aliphatic heterocycles. The van der Waals surface area contributed by atoms with Crippen molar-refractivity contribution in [2.45, 2.75) is 46.2 Å². The van der Waals surface area contributed by atoms with Crippen LogP contribution in [0.3, 0.4) is 0 Å². The fourth-order valence-corrected chi connectivity index (χ4v) is 3.85. The Morgan fingerprint density at radius 2 is 1.73 bits per heavy atom. The molecular weight excluding hydrogens is 330 g/mol. The molecule has 1 atom stereocenters. The summed E-state index contributed by atoms with van der Waals surface area (Å²) in [5.41, 5.74) is 2.59. The number of benzene rings is 1. The van der Waals surface area contributed by atoms with Crippen LogP contribution in [0.25, 0.3) is 0 Å². The molecule has 5 heteroatoms. The molecule has 0 fully saturated rings. The molecule has 0 spiro atoms. The fraction of sp³-hybridized carbons (Fsp3) is 0.524. The first kappa shape index (κ1) is 18.6. The van der Waals surface area contributed by atoms with Crippen LogP contribution in [0, 0.1) is 12.3 Å². The van der Waals surface area contributed by atoms with Gasteiger partial charge in [0.05, 0.1) is 21.3 Å². The van der Waals surface area contributed by atoms with E-state index in [1.54, 1.807) is 21.3 Å². The van der Waals surface area contributed by atoms with Crippen molar-refractivity contribution in [3.8, 4) is 17.2 Å². The van der Waals surface area contributed by atoms with Gasteiger partial charge in [0.2, 0.25) is 5.75 Å². The van der Waals surface area contributed by atoms with E-state index in [1.807, 2.05) is 19.1 Å². The molecule has 142 valence electrons. The molecule has 1 N–H and O–H groups in total. The number of hydrogen-bond donors (Lipinski definition) is 1. The Morgan fingerprint density at radius 1 is 1.08 bits per heavy atom. The van der Waals surface area contributed by atoms with Crippen LogP contribution in [0.5, 0.6) is 17.2 Å². The van der Waals surface area contributed by atoms with E-state index in [0.29, 0.717) is 23.8 Å². The molecule has 0 radical (unpaired) electrons. The molecule has 3 rings (SSSR count). The van der Waals surface area contributed by atoms with Crippen molar-refractivity contribution in [2.75, 3.05) is 21.3 Å². The zero-order valence-corrected chi connectivity index (χ0v) is 16.6. The average Bonchev–Trinajstić information content (AvgIpc) is 2.97. The van der Waals surface area contributed by atoms with Gasteiger partial charge in [-0.25, -0.2) is 0 Å². The first-order valence-corrected chi connectivity index (χ1v) is 8.98. The Balaban J connectivity index is 1.83. The summed E-state index contributed by atoms with van der Waals surface area (Å²) in [4.78, 5) is 0. The average molecular weight is 359 g/mol. The van der Waals surface area contributed by atoms with Gasteiger partial charge >= 0.3 is 0 Å². The first-order valence-electron chi connectivity index (χ1n) is 8.98. The SMILES string of the molecule is COc1cc(CNC2CC(C)(C)Cc3oc(C)cc32)cc(OC)c1OC. The molecule has 2 aromatic rings. The van der Waals surface area contributed by atoms with Crippen molar-refractivity contribution in [3.05, 3.63) is 40.8 Å². The second-order valence-corrected chi connectivity index (χ2v) is 7.75. The van der Waals surface area contributed by atoms with E-state index in [1.165, 1.54) is 5.56 Å². The van der Waals surface area contributed by atoms with Crippen molar-refractivity contribution in [3.63, 3.8) is 0 Å². The highest BCUT2D eigenvalue weighted by Gasteiger charge is 2.34. The zero-order valence-electron chi connectivity index (χ0n) is 16.6. The fourth-order valence-electron chi connectivity index (χ4n) is 3.85. The smallest absolute Gasteiger partial charge is 0.203 e. The largest absolute Gasteiger partial charge is 0.493 e. The molecular formula is C21H29NO4. The Hall–Kier alpha value is -2.14. The maximum atomic E-state index is 5.93. The van der Waals surface area contributed by atoms with Crippen LogP contribution in [0.15, 0.2) is 22.6 Å². The van der Waals surface area contributed by atoms with Gasteiger partial charge in [0.15, 0.2) is 11.5 Å². The van der Waals surface area contributed by atoms with E-state index < -0.39 is 0 Å². The lowest BCUT2D eigenvalue weighted by Gasteiger charge is -2.35. The summed E-state index contributed by atoms with van der Waals surface area (Å²) < 4.78 is 22.2. The van der Waals surface area contributed by atoms with Crippen molar-refractivity contribution >= 4 is 0 Å². The third kappa shape index (κ3) is 3.68. The van der Waals surface area contributed by atoms with Crippen LogP contribution < -0.4 is 19.5 Å². The van der Waals surface area contributed by atoms with Crippen LogP contribution in [0.4, 0.5) is 0 Å². The maximum absolute atomic E-state index is 5.93. The number of ether oxygens (including phenoxy) is 3. The molecule has 1 unspecified atom stereocenters. The third-order valence-corrected chi connectivity index (χ3v) is 5.01. The molecule has 1 aliphatic carbocycles. The van der Waals surface area contributed by atoms with Gasteiger partial charge in [-0.15, -0.1) is 0 Å². The van der Waals surface area contributed by atoms with E-state index in [2.05, 4.69) is 25.2 Å². The van der Waals surface area contributed by atoms with E-state index in [-0.39, 0.29) is 11.5 Å². The minimum Gasteiger partial charge on any atom is -0.493 e. The van der Waals surface area contributed by atoms with Crippen LogP contribution in [0.1, 0.15) is 49.0 Å². The van der Waals surface area contributed by atoms with Crippen LogP contribution >= 0.6 is 0 Å². The van der Waals surface area contributed by atoms with Crippen molar-refractivity contribution in [2.24, 2.45) is 5.41 Å². The molecule has 0 saturated carbocycles. The second kappa shape index (κ2) is 7.23. The molecule has 0 bridgehead atoms. The summed E-state index contributed by atoms with van der Waals surface area (Å²) in [5.74, 6) is 4.05. The highest BCUT2D eigenvalue weighted by molar-refractivity contribution is 5.53. The molecule has 0 saturated heterocycles. The van der Waals surface area contributed by atoms with E-state index in [0.717, 1.165) is 29.9 Å². The van der Waals surface area contributed by atoms with E-state index >= 15 is 0 Å². The molecule has 1 heterocycles. The number of aryl methyl sites for hydroxylation is 1. The van der Waals surface area contributed by atoms with Gasteiger partial charge in [-0.3, -0.25) is 0 Å². The summed E-state index contributed by atoms with van der Waals surface area (Å²) in [6.45, 7) is 7.31. The van der Waals surface area contributed by atoms with Gasteiger partial charge < -0.3 is 23.9 Å². The molecule has 5 nitrogen and oxygen atoms in total. The molecule has 1 aliphatic rings. The van der Waals surface area contributed by atoms with Crippen LogP contribution in [-0.2, 0) is 13.0 Å². The van der Waals surface area contributed by atoms with E-state index in [4.69, 9.17) is 18.6 Å². The topological polar surface area (TPSA) is 52.9 Å².